The van der Waals surface area contributed by atoms with Crippen LogP contribution < -0.4 is 5.73 Å². The molecule has 2 N–H and O–H groups in total. The van der Waals surface area contributed by atoms with Crippen LogP contribution in [0.2, 0.25) is 0 Å². The van der Waals surface area contributed by atoms with Crippen molar-refractivity contribution >= 4 is 17.8 Å². The van der Waals surface area contributed by atoms with Crippen LogP contribution in [0.15, 0.2) is 0 Å². The fourth-order valence-corrected chi connectivity index (χ4v) is 2.37. The van der Waals surface area contributed by atoms with Gasteiger partial charge in [-0.2, -0.15) is 0 Å². The number of nitrogens with zero attached hydrogens (tertiary/aromatic N) is 3. The maximum Gasteiger partial charge on any atom is 0.320 e. The number of primary amides is 1. The molecule has 0 aromatic heterocycles. The lowest BCUT2D eigenvalue weighted by atomic mass is 10.3. The van der Waals surface area contributed by atoms with Gasteiger partial charge in [0.05, 0.1) is 0 Å². The average molecular weight is 254 g/mol. The minimum Gasteiger partial charge on any atom is -0.361 e. The summed E-state index contributed by atoms with van der Waals surface area (Å²) in [5, 5.41) is 0. The molecule has 2 aliphatic heterocycles. The largest absolute Gasteiger partial charge is 0.361 e. The fourth-order valence-electron chi connectivity index (χ4n) is 2.37. The van der Waals surface area contributed by atoms with Crippen LogP contribution in [0.3, 0.4) is 0 Å². The van der Waals surface area contributed by atoms with Gasteiger partial charge in [-0.25, -0.2) is 4.79 Å². The molecule has 2 heterocycles. The summed E-state index contributed by atoms with van der Waals surface area (Å²) in [6.45, 7) is 3.32. The number of urea groups is 1. The van der Waals surface area contributed by atoms with E-state index in [0.29, 0.717) is 26.2 Å². The third kappa shape index (κ3) is 2.55. The van der Waals surface area contributed by atoms with Crippen LogP contribution >= 0.6 is 0 Å². The zero-order chi connectivity index (χ0) is 13.1. The summed E-state index contributed by atoms with van der Waals surface area (Å²) in [4.78, 5) is 39.2. The molecule has 2 saturated heterocycles. The van der Waals surface area contributed by atoms with Crippen molar-refractivity contribution < 1.29 is 14.4 Å². The molecule has 7 nitrogen and oxygen atoms in total. The van der Waals surface area contributed by atoms with Crippen molar-refractivity contribution in [3.63, 3.8) is 0 Å². The number of rotatable bonds is 0. The highest BCUT2D eigenvalue weighted by molar-refractivity contribution is 6.34. The Balaban J connectivity index is 1.84. The third-order valence-electron chi connectivity index (χ3n) is 3.42. The first-order valence-electron chi connectivity index (χ1n) is 6.22. The normalized spacial score (nSPS) is 20.1. The van der Waals surface area contributed by atoms with Gasteiger partial charge in [0, 0.05) is 39.3 Å². The van der Waals surface area contributed by atoms with Crippen LogP contribution in [0.25, 0.3) is 0 Å². The molecule has 100 valence electrons. The van der Waals surface area contributed by atoms with E-state index in [1.165, 1.54) is 4.90 Å². The number of nitrogens with two attached hydrogens (primary N) is 1. The molecule has 0 unspecified atom stereocenters. The van der Waals surface area contributed by atoms with E-state index in [1.807, 2.05) is 4.90 Å². The van der Waals surface area contributed by atoms with Crippen LogP contribution in [0, 0.1) is 0 Å². The standard InChI is InChI=1S/C11H18N4O3/c12-9(16)10(17)13-5-7-15(8-6-13)11(18)14-3-1-2-4-14/h1-8H2,(H2,12,16). The Kier molecular flexibility index (Phi) is 3.69. The monoisotopic (exact) mass is 254 g/mol. The quantitative estimate of drug-likeness (QED) is 0.553. The minimum atomic E-state index is -0.936. The first kappa shape index (κ1) is 12.7. The topological polar surface area (TPSA) is 87.0 Å². The van der Waals surface area contributed by atoms with Crippen molar-refractivity contribution in [1.82, 2.24) is 14.7 Å². The molecule has 0 aromatic carbocycles. The van der Waals surface area contributed by atoms with E-state index in [2.05, 4.69) is 0 Å². The van der Waals surface area contributed by atoms with Gasteiger partial charge in [0.25, 0.3) is 0 Å². The predicted molar refractivity (Wildman–Crippen MR) is 63.6 cm³/mol. The van der Waals surface area contributed by atoms with Gasteiger partial charge in [0.15, 0.2) is 0 Å². The molecule has 4 amide bonds. The summed E-state index contributed by atoms with van der Waals surface area (Å²) in [5.41, 5.74) is 4.94. The SMILES string of the molecule is NC(=O)C(=O)N1CCN(C(=O)N2CCCC2)CC1. The van der Waals surface area contributed by atoms with Gasteiger partial charge in [0.1, 0.15) is 0 Å². The van der Waals surface area contributed by atoms with Gasteiger partial charge < -0.3 is 20.4 Å². The van der Waals surface area contributed by atoms with Gasteiger partial charge in [-0.3, -0.25) is 9.59 Å². The zero-order valence-corrected chi connectivity index (χ0v) is 10.3. The fraction of sp³-hybridized carbons (Fsp3) is 0.727. The number of carbonyl (C=O) groups excluding carboxylic acids is 3. The van der Waals surface area contributed by atoms with Gasteiger partial charge >= 0.3 is 17.8 Å². The maximum absolute atomic E-state index is 12.1. The van der Waals surface area contributed by atoms with E-state index in [9.17, 15) is 14.4 Å². The smallest absolute Gasteiger partial charge is 0.320 e. The average Bonchev–Trinajstić information content (AvgIpc) is 2.91. The number of hydrogen-bond acceptors (Lipinski definition) is 3. The van der Waals surface area contributed by atoms with Crippen LogP contribution in [0.5, 0.6) is 0 Å². The van der Waals surface area contributed by atoms with Gasteiger partial charge in [-0.15, -0.1) is 0 Å². The second-order valence-corrected chi connectivity index (χ2v) is 4.62. The Morgan fingerprint density at radius 3 is 1.67 bits per heavy atom. The third-order valence-corrected chi connectivity index (χ3v) is 3.42. The molecule has 7 heteroatoms. The zero-order valence-electron chi connectivity index (χ0n) is 10.3. The molecule has 0 saturated carbocycles. The highest BCUT2D eigenvalue weighted by atomic mass is 16.2. The molecule has 0 atom stereocenters. The summed E-state index contributed by atoms with van der Waals surface area (Å²) >= 11 is 0. The predicted octanol–water partition coefficient (Wildman–Crippen LogP) is -1.17. The molecule has 0 bridgehead atoms. The highest BCUT2D eigenvalue weighted by Crippen LogP contribution is 2.12. The highest BCUT2D eigenvalue weighted by Gasteiger charge is 2.29. The Hall–Kier alpha value is -1.79. The number of amides is 4. The van der Waals surface area contributed by atoms with Crippen molar-refractivity contribution in [2.45, 2.75) is 12.8 Å². The van der Waals surface area contributed by atoms with Crippen molar-refractivity contribution in [2.75, 3.05) is 39.3 Å². The van der Waals surface area contributed by atoms with Crippen LogP contribution in [-0.4, -0.2) is 71.8 Å². The molecule has 2 rings (SSSR count). The molecule has 0 radical (unpaired) electrons. The molecule has 18 heavy (non-hydrogen) atoms. The van der Waals surface area contributed by atoms with Gasteiger partial charge in [-0.1, -0.05) is 0 Å². The van der Waals surface area contributed by atoms with E-state index < -0.39 is 11.8 Å². The first-order valence-corrected chi connectivity index (χ1v) is 6.22. The molecule has 2 aliphatic rings. The van der Waals surface area contributed by atoms with Gasteiger partial charge in [0.2, 0.25) is 0 Å². The second kappa shape index (κ2) is 5.24. The Bertz CT molecular complexity index is 357. The molecule has 0 spiro atoms. The Labute approximate surface area is 105 Å². The van der Waals surface area contributed by atoms with E-state index in [-0.39, 0.29) is 6.03 Å². The lowest BCUT2D eigenvalue weighted by Gasteiger charge is -2.36. The van der Waals surface area contributed by atoms with Crippen molar-refractivity contribution in [3.05, 3.63) is 0 Å². The number of hydrogen-bond donors (Lipinski definition) is 1. The van der Waals surface area contributed by atoms with Crippen molar-refractivity contribution in [2.24, 2.45) is 5.73 Å². The van der Waals surface area contributed by atoms with Gasteiger partial charge in [-0.05, 0) is 12.8 Å². The van der Waals surface area contributed by atoms with Crippen LogP contribution in [0.1, 0.15) is 12.8 Å². The number of carbonyl (C=O) groups is 3. The maximum atomic E-state index is 12.1. The molecule has 0 aliphatic carbocycles. The summed E-state index contributed by atoms with van der Waals surface area (Å²) in [6.07, 6.45) is 2.12. The van der Waals surface area contributed by atoms with Crippen LogP contribution in [-0.2, 0) is 9.59 Å². The molecular formula is C11H18N4O3. The second-order valence-electron chi connectivity index (χ2n) is 4.62. The summed E-state index contributed by atoms with van der Waals surface area (Å²) in [5.74, 6) is -1.60. The lowest BCUT2D eigenvalue weighted by Crippen LogP contribution is -2.55. The first-order chi connectivity index (χ1) is 8.59. The van der Waals surface area contributed by atoms with Crippen LogP contribution in [0.4, 0.5) is 4.79 Å². The molecule has 0 aromatic rings. The minimum absolute atomic E-state index is 0.0404. The molecular weight excluding hydrogens is 236 g/mol. The summed E-state index contributed by atoms with van der Waals surface area (Å²) in [7, 11) is 0. The summed E-state index contributed by atoms with van der Waals surface area (Å²) < 4.78 is 0. The Morgan fingerprint density at radius 2 is 1.17 bits per heavy atom. The number of likely N-dealkylation sites (tertiary alicyclic amines) is 1. The number of piperazine rings is 1. The van der Waals surface area contributed by atoms with E-state index in [1.54, 1.807) is 4.90 Å². The van der Waals surface area contributed by atoms with Crippen molar-refractivity contribution in [3.8, 4) is 0 Å². The van der Waals surface area contributed by atoms with E-state index >= 15 is 0 Å². The molecule has 2 fully saturated rings. The van der Waals surface area contributed by atoms with E-state index in [4.69, 9.17) is 5.73 Å². The van der Waals surface area contributed by atoms with E-state index in [0.717, 1.165) is 25.9 Å². The lowest BCUT2D eigenvalue weighted by molar-refractivity contribution is -0.145. The Morgan fingerprint density at radius 1 is 0.722 bits per heavy atom. The summed E-state index contributed by atoms with van der Waals surface area (Å²) in [6, 6.07) is 0.0404. The van der Waals surface area contributed by atoms with Crippen molar-refractivity contribution in [1.29, 1.82) is 0 Å².